The SMILES string of the molecule is CC(C)(C)OC(=O)N1CCO[C@H]2CN(C(=O)C(F)(F)F)C[C@@H]21. The van der Waals surface area contributed by atoms with Crippen molar-refractivity contribution in [2.24, 2.45) is 0 Å². The van der Waals surface area contributed by atoms with Crippen LogP contribution in [0.3, 0.4) is 0 Å². The van der Waals surface area contributed by atoms with Crippen LogP contribution in [-0.4, -0.2) is 72.0 Å². The van der Waals surface area contributed by atoms with Gasteiger partial charge in [-0.3, -0.25) is 9.69 Å². The van der Waals surface area contributed by atoms with Crippen LogP contribution in [0.25, 0.3) is 0 Å². The Kier molecular flexibility index (Phi) is 4.29. The first kappa shape index (κ1) is 16.9. The molecule has 2 amide bonds. The highest BCUT2D eigenvalue weighted by molar-refractivity contribution is 5.82. The molecule has 2 rings (SSSR count). The Morgan fingerprint density at radius 2 is 1.82 bits per heavy atom. The number of halogens is 3. The smallest absolute Gasteiger partial charge is 0.444 e. The second-order valence-corrected chi connectivity index (χ2v) is 6.36. The number of likely N-dealkylation sites (tertiary alicyclic amines) is 1. The summed E-state index contributed by atoms with van der Waals surface area (Å²) in [5.41, 5.74) is -0.703. The number of hydrogen-bond acceptors (Lipinski definition) is 4. The predicted octanol–water partition coefficient (Wildman–Crippen LogP) is 1.40. The van der Waals surface area contributed by atoms with Crippen molar-refractivity contribution in [3.8, 4) is 0 Å². The van der Waals surface area contributed by atoms with Gasteiger partial charge in [-0.2, -0.15) is 13.2 Å². The lowest BCUT2D eigenvalue weighted by Crippen LogP contribution is -2.54. The molecule has 9 heteroatoms. The van der Waals surface area contributed by atoms with E-state index >= 15 is 0 Å². The fraction of sp³-hybridized carbons (Fsp3) is 0.846. The van der Waals surface area contributed by atoms with Gasteiger partial charge in [-0.15, -0.1) is 0 Å². The normalized spacial score (nSPS) is 25.9. The van der Waals surface area contributed by atoms with Gasteiger partial charge >= 0.3 is 18.2 Å². The van der Waals surface area contributed by atoms with Crippen molar-refractivity contribution in [1.82, 2.24) is 9.80 Å². The number of amides is 2. The van der Waals surface area contributed by atoms with Crippen molar-refractivity contribution in [3.05, 3.63) is 0 Å². The first-order chi connectivity index (χ1) is 9.99. The maximum Gasteiger partial charge on any atom is 0.471 e. The van der Waals surface area contributed by atoms with Crippen molar-refractivity contribution in [2.75, 3.05) is 26.2 Å². The molecule has 2 aliphatic heterocycles. The standard InChI is InChI=1S/C13H19F3N2O4/c1-12(2,3)22-11(20)18-4-5-21-9-7-17(6-8(9)18)10(19)13(14,15)16/h8-9H,4-7H2,1-3H3/t8-,9-/m0/s1. The molecule has 0 bridgehead atoms. The molecule has 0 unspecified atom stereocenters. The van der Waals surface area contributed by atoms with Gasteiger partial charge in [-0.25, -0.2) is 4.79 Å². The molecule has 0 aromatic carbocycles. The molecule has 2 saturated heterocycles. The molecule has 2 aliphatic rings. The number of morpholine rings is 1. The van der Waals surface area contributed by atoms with Crippen LogP contribution in [0.4, 0.5) is 18.0 Å². The largest absolute Gasteiger partial charge is 0.471 e. The molecule has 0 radical (unpaired) electrons. The predicted molar refractivity (Wildman–Crippen MR) is 69.1 cm³/mol. The number of fused-ring (bicyclic) bond motifs is 1. The third kappa shape index (κ3) is 3.63. The summed E-state index contributed by atoms with van der Waals surface area (Å²) >= 11 is 0. The van der Waals surface area contributed by atoms with Gasteiger partial charge in [0.15, 0.2) is 0 Å². The Morgan fingerprint density at radius 3 is 2.36 bits per heavy atom. The molecule has 0 aliphatic carbocycles. The first-order valence-corrected chi connectivity index (χ1v) is 6.96. The van der Waals surface area contributed by atoms with Crippen LogP contribution < -0.4 is 0 Å². The average Bonchev–Trinajstić information content (AvgIpc) is 2.77. The highest BCUT2D eigenvalue weighted by Crippen LogP contribution is 2.28. The zero-order valence-corrected chi connectivity index (χ0v) is 12.6. The van der Waals surface area contributed by atoms with Crippen LogP contribution >= 0.6 is 0 Å². The number of carbonyl (C=O) groups is 2. The van der Waals surface area contributed by atoms with Crippen LogP contribution in [-0.2, 0) is 14.3 Å². The van der Waals surface area contributed by atoms with Crippen molar-refractivity contribution < 1.29 is 32.2 Å². The molecule has 6 nitrogen and oxygen atoms in total. The van der Waals surface area contributed by atoms with E-state index in [0.29, 0.717) is 4.90 Å². The molecule has 0 spiro atoms. The molecule has 2 atom stereocenters. The lowest BCUT2D eigenvalue weighted by atomic mass is 10.1. The van der Waals surface area contributed by atoms with Crippen molar-refractivity contribution >= 4 is 12.0 Å². The minimum atomic E-state index is -4.93. The van der Waals surface area contributed by atoms with E-state index in [0.717, 1.165) is 0 Å². The van der Waals surface area contributed by atoms with Crippen molar-refractivity contribution in [1.29, 1.82) is 0 Å². The summed E-state index contributed by atoms with van der Waals surface area (Å²) in [6.45, 7) is 5.16. The monoisotopic (exact) mass is 324 g/mol. The fourth-order valence-electron chi connectivity index (χ4n) is 2.58. The van der Waals surface area contributed by atoms with Crippen LogP contribution in [0.15, 0.2) is 0 Å². The van der Waals surface area contributed by atoms with Crippen LogP contribution in [0.1, 0.15) is 20.8 Å². The van der Waals surface area contributed by atoms with E-state index in [1.807, 2.05) is 0 Å². The summed E-state index contributed by atoms with van der Waals surface area (Å²) < 4.78 is 48.2. The molecule has 0 saturated carbocycles. The highest BCUT2D eigenvalue weighted by atomic mass is 19.4. The van der Waals surface area contributed by atoms with E-state index < -0.39 is 35.9 Å². The maximum absolute atomic E-state index is 12.5. The van der Waals surface area contributed by atoms with Crippen LogP contribution in [0, 0.1) is 0 Å². The Labute approximate surface area is 126 Å². The summed E-state index contributed by atoms with van der Waals surface area (Å²) in [6.07, 6.45) is -6.15. The molecule has 22 heavy (non-hydrogen) atoms. The number of rotatable bonds is 0. The molecule has 0 aromatic rings. The minimum absolute atomic E-state index is 0.178. The number of nitrogens with zero attached hydrogens (tertiary/aromatic N) is 2. The highest BCUT2D eigenvalue weighted by Gasteiger charge is 2.50. The van der Waals surface area contributed by atoms with Gasteiger partial charge in [0.2, 0.25) is 0 Å². The average molecular weight is 324 g/mol. The molecule has 2 heterocycles. The third-order valence-corrected chi connectivity index (χ3v) is 3.46. The summed E-state index contributed by atoms with van der Waals surface area (Å²) in [5, 5.41) is 0. The van der Waals surface area contributed by atoms with Crippen LogP contribution in [0.5, 0.6) is 0 Å². The fourth-order valence-corrected chi connectivity index (χ4v) is 2.58. The topological polar surface area (TPSA) is 59.1 Å². The summed E-state index contributed by atoms with van der Waals surface area (Å²) in [7, 11) is 0. The quantitative estimate of drug-likeness (QED) is 0.676. The second-order valence-electron chi connectivity index (χ2n) is 6.36. The van der Waals surface area contributed by atoms with Crippen molar-refractivity contribution in [3.63, 3.8) is 0 Å². The molecular formula is C13H19F3N2O4. The number of ether oxygens (including phenoxy) is 2. The second kappa shape index (κ2) is 5.60. The van der Waals surface area contributed by atoms with Gasteiger partial charge < -0.3 is 14.4 Å². The zero-order valence-electron chi connectivity index (χ0n) is 12.6. The molecule has 2 fully saturated rings. The first-order valence-electron chi connectivity index (χ1n) is 6.96. The van der Waals surface area contributed by atoms with Crippen molar-refractivity contribution in [2.45, 2.75) is 44.7 Å². The molecule has 126 valence electrons. The Hall–Kier alpha value is -1.51. The van der Waals surface area contributed by atoms with Gasteiger partial charge in [0.25, 0.3) is 0 Å². The van der Waals surface area contributed by atoms with Gasteiger partial charge in [0, 0.05) is 19.6 Å². The summed E-state index contributed by atoms with van der Waals surface area (Å²) in [4.78, 5) is 25.5. The van der Waals surface area contributed by atoms with E-state index in [1.54, 1.807) is 20.8 Å². The van der Waals surface area contributed by atoms with Gasteiger partial charge in [-0.1, -0.05) is 0 Å². The maximum atomic E-state index is 12.5. The number of carbonyl (C=O) groups excluding carboxylic acids is 2. The Bertz CT molecular complexity index is 461. The van der Waals surface area contributed by atoms with E-state index in [2.05, 4.69) is 0 Å². The summed E-state index contributed by atoms with van der Waals surface area (Å²) in [6, 6.07) is -0.616. The number of hydrogen-bond donors (Lipinski definition) is 0. The van der Waals surface area contributed by atoms with E-state index in [4.69, 9.17) is 9.47 Å². The van der Waals surface area contributed by atoms with Gasteiger partial charge in [-0.05, 0) is 20.8 Å². The molecule has 0 aromatic heterocycles. The van der Waals surface area contributed by atoms with Gasteiger partial charge in [0.05, 0.1) is 18.8 Å². The Balaban J connectivity index is 2.08. The van der Waals surface area contributed by atoms with Gasteiger partial charge in [0.1, 0.15) is 5.60 Å². The summed E-state index contributed by atoms with van der Waals surface area (Å²) in [5.74, 6) is -1.91. The third-order valence-electron chi connectivity index (χ3n) is 3.46. The van der Waals surface area contributed by atoms with E-state index in [-0.39, 0.29) is 26.2 Å². The molecular weight excluding hydrogens is 305 g/mol. The van der Waals surface area contributed by atoms with E-state index in [9.17, 15) is 22.8 Å². The van der Waals surface area contributed by atoms with Crippen LogP contribution in [0.2, 0.25) is 0 Å². The zero-order chi connectivity index (χ0) is 16.7. The minimum Gasteiger partial charge on any atom is -0.444 e. The number of alkyl halides is 3. The lowest BCUT2D eigenvalue weighted by Gasteiger charge is -2.37. The van der Waals surface area contributed by atoms with E-state index in [1.165, 1.54) is 4.90 Å². The Morgan fingerprint density at radius 1 is 1.18 bits per heavy atom. The lowest BCUT2D eigenvalue weighted by molar-refractivity contribution is -0.184. The molecule has 0 N–H and O–H groups in total.